The normalized spacial score (nSPS) is 10.9. The minimum Gasteiger partial charge on any atom is -0.322 e. The zero-order chi connectivity index (χ0) is 18.4. The number of hydrogen-bond acceptors (Lipinski definition) is 4. The highest BCUT2D eigenvalue weighted by Gasteiger charge is 2.13. The van der Waals surface area contributed by atoms with E-state index in [0.29, 0.717) is 11.3 Å². The molecule has 7 nitrogen and oxygen atoms in total. The Kier molecular flexibility index (Phi) is 6.02. The first-order valence-corrected chi connectivity index (χ1v) is 7.95. The predicted octanol–water partition coefficient (Wildman–Crippen LogP) is 3.47. The van der Waals surface area contributed by atoms with Crippen molar-refractivity contribution in [3.8, 4) is 0 Å². The van der Waals surface area contributed by atoms with Crippen molar-refractivity contribution in [2.75, 3.05) is 5.32 Å². The summed E-state index contributed by atoms with van der Waals surface area (Å²) >= 11 is 3.30. The Bertz CT molecular complexity index is 847. The number of amides is 2. The van der Waals surface area contributed by atoms with Crippen LogP contribution < -0.4 is 10.6 Å². The van der Waals surface area contributed by atoms with Gasteiger partial charge in [-0.1, -0.05) is 28.1 Å². The van der Waals surface area contributed by atoms with Gasteiger partial charge in [-0.05, 0) is 35.9 Å². The van der Waals surface area contributed by atoms with E-state index in [-0.39, 0.29) is 11.4 Å². The van der Waals surface area contributed by atoms with Crippen LogP contribution in [0.3, 0.4) is 0 Å². The second-order valence-corrected chi connectivity index (χ2v) is 5.97. The van der Waals surface area contributed by atoms with E-state index in [1.54, 1.807) is 30.3 Å². The average molecular weight is 404 g/mol. The molecule has 8 heteroatoms. The molecular formula is C17H14BrN3O4. The lowest BCUT2D eigenvalue weighted by Gasteiger charge is -2.10. The van der Waals surface area contributed by atoms with Crippen LogP contribution >= 0.6 is 15.9 Å². The zero-order valence-electron chi connectivity index (χ0n) is 13.2. The van der Waals surface area contributed by atoms with Gasteiger partial charge in [0.1, 0.15) is 5.70 Å². The third-order valence-corrected chi connectivity index (χ3v) is 3.58. The highest BCUT2D eigenvalue weighted by atomic mass is 79.9. The molecular weight excluding hydrogens is 390 g/mol. The molecule has 2 rings (SSSR count). The van der Waals surface area contributed by atoms with Gasteiger partial charge in [-0.3, -0.25) is 19.7 Å². The van der Waals surface area contributed by atoms with Gasteiger partial charge in [0.2, 0.25) is 5.91 Å². The molecule has 2 amide bonds. The van der Waals surface area contributed by atoms with Gasteiger partial charge >= 0.3 is 0 Å². The van der Waals surface area contributed by atoms with Crippen molar-refractivity contribution in [2.24, 2.45) is 0 Å². The summed E-state index contributed by atoms with van der Waals surface area (Å²) in [5.74, 6) is -0.966. The van der Waals surface area contributed by atoms with Gasteiger partial charge in [0.15, 0.2) is 0 Å². The molecule has 0 radical (unpaired) electrons. The van der Waals surface area contributed by atoms with Crippen LogP contribution in [0, 0.1) is 10.1 Å². The molecule has 0 atom stereocenters. The molecule has 2 N–H and O–H groups in total. The number of benzene rings is 2. The fourth-order valence-corrected chi connectivity index (χ4v) is 2.24. The van der Waals surface area contributed by atoms with Crippen molar-refractivity contribution in [3.63, 3.8) is 0 Å². The fourth-order valence-electron chi connectivity index (χ4n) is 1.97. The molecule has 0 fully saturated rings. The Morgan fingerprint density at radius 1 is 1.16 bits per heavy atom. The van der Waals surface area contributed by atoms with Gasteiger partial charge in [0.05, 0.1) is 4.92 Å². The number of nitro groups is 1. The highest BCUT2D eigenvalue weighted by molar-refractivity contribution is 9.10. The van der Waals surface area contributed by atoms with Gasteiger partial charge in [-0.2, -0.15) is 0 Å². The smallest absolute Gasteiger partial charge is 0.272 e. The van der Waals surface area contributed by atoms with Gasteiger partial charge in [0, 0.05) is 29.2 Å². The molecule has 2 aromatic rings. The molecule has 0 aromatic heterocycles. The van der Waals surface area contributed by atoms with Crippen molar-refractivity contribution in [2.45, 2.75) is 6.92 Å². The summed E-state index contributed by atoms with van der Waals surface area (Å²) < 4.78 is 0.861. The summed E-state index contributed by atoms with van der Waals surface area (Å²) in [4.78, 5) is 34.1. The molecule has 0 spiro atoms. The zero-order valence-corrected chi connectivity index (χ0v) is 14.7. The van der Waals surface area contributed by atoms with E-state index in [1.165, 1.54) is 31.2 Å². The van der Waals surface area contributed by atoms with Gasteiger partial charge < -0.3 is 10.6 Å². The number of nitrogens with one attached hydrogen (secondary N) is 2. The molecule has 0 aliphatic rings. The first kappa shape index (κ1) is 18.3. The highest BCUT2D eigenvalue weighted by Crippen LogP contribution is 2.17. The first-order chi connectivity index (χ1) is 11.8. The third kappa shape index (κ3) is 5.54. The molecule has 128 valence electrons. The Morgan fingerprint density at radius 2 is 1.84 bits per heavy atom. The van der Waals surface area contributed by atoms with Gasteiger partial charge in [-0.15, -0.1) is 0 Å². The molecule has 0 saturated heterocycles. The largest absolute Gasteiger partial charge is 0.322 e. The molecule has 0 bridgehead atoms. The summed E-state index contributed by atoms with van der Waals surface area (Å²) in [6.45, 7) is 1.27. The maximum Gasteiger partial charge on any atom is 0.272 e. The second kappa shape index (κ2) is 8.20. The Morgan fingerprint density at radius 3 is 2.44 bits per heavy atom. The van der Waals surface area contributed by atoms with E-state index in [9.17, 15) is 19.7 Å². The molecule has 0 saturated carbocycles. The van der Waals surface area contributed by atoms with Gasteiger partial charge in [-0.25, -0.2) is 0 Å². The Hall–Kier alpha value is -3.00. The van der Waals surface area contributed by atoms with Crippen molar-refractivity contribution in [3.05, 3.63) is 74.4 Å². The van der Waals surface area contributed by atoms with E-state index >= 15 is 0 Å². The Balaban J connectivity index is 2.29. The SMILES string of the molecule is CC(=O)N/C(=C/c1cccc([N+](=O)[O-])c1)C(=O)Nc1ccc(Br)cc1. The number of nitrogens with zero attached hydrogens (tertiary/aromatic N) is 1. The number of anilines is 1. The minimum atomic E-state index is -0.538. The summed E-state index contributed by atoms with van der Waals surface area (Å²) in [5, 5.41) is 15.9. The number of hydrogen-bond donors (Lipinski definition) is 2. The van der Waals surface area contributed by atoms with Crippen molar-refractivity contribution >= 4 is 45.2 Å². The van der Waals surface area contributed by atoms with Crippen LogP contribution in [0.5, 0.6) is 0 Å². The van der Waals surface area contributed by atoms with Crippen LogP contribution in [0.1, 0.15) is 12.5 Å². The van der Waals surface area contributed by atoms with E-state index < -0.39 is 16.7 Å². The van der Waals surface area contributed by atoms with Crippen LogP contribution in [-0.4, -0.2) is 16.7 Å². The van der Waals surface area contributed by atoms with Crippen molar-refractivity contribution in [1.82, 2.24) is 5.32 Å². The van der Waals surface area contributed by atoms with Crippen LogP contribution in [0.4, 0.5) is 11.4 Å². The number of nitro benzene ring substituents is 1. The lowest BCUT2D eigenvalue weighted by molar-refractivity contribution is -0.384. The van der Waals surface area contributed by atoms with E-state index in [1.807, 2.05) is 0 Å². The fraction of sp³-hybridized carbons (Fsp3) is 0.0588. The van der Waals surface area contributed by atoms with Crippen LogP contribution in [0.2, 0.25) is 0 Å². The quantitative estimate of drug-likeness (QED) is 0.453. The first-order valence-electron chi connectivity index (χ1n) is 7.16. The van der Waals surface area contributed by atoms with E-state index in [2.05, 4.69) is 26.6 Å². The molecule has 0 unspecified atom stereocenters. The summed E-state index contributed by atoms with van der Waals surface area (Å²) in [6, 6.07) is 12.7. The van der Waals surface area contributed by atoms with Gasteiger partial charge in [0.25, 0.3) is 11.6 Å². The number of non-ortho nitro benzene ring substituents is 1. The monoisotopic (exact) mass is 403 g/mol. The number of carbonyl (C=O) groups excluding carboxylic acids is 2. The lowest BCUT2D eigenvalue weighted by atomic mass is 10.1. The summed E-state index contributed by atoms with van der Waals surface area (Å²) in [6.07, 6.45) is 1.38. The summed E-state index contributed by atoms with van der Waals surface area (Å²) in [7, 11) is 0. The summed E-state index contributed by atoms with van der Waals surface area (Å²) in [5.41, 5.74) is 0.840. The third-order valence-electron chi connectivity index (χ3n) is 3.05. The van der Waals surface area contributed by atoms with E-state index in [4.69, 9.17) is 0 Å². The number of rotatable bonds is 5. The standard InChI is InChI=1S/C17H14BrN3O4/c1-11(22)19-16(10-12-3-2-4-15(9-12)21(24)25)17(23)20-14-7-5-13(18)6-8-14/h2-10H,1H3,(H,19,22)(H,20,23)/b16-10+. The maximum absolute atomic E-state index is 12.4. The maximum atomic E-state index is 12.4. The van der Waals surface area contributed by atoms with E-state index in [0.717, 1.165) is 4.47 Å². The number of halogens is 1. The molecule has 25 heavy (non-hydrogen) atoms. The van der Waals surface area contributed by atoms with Crippen molar-refractivity contribution in [1.29, 1.82) is 0 Å². The average Bonchev–Trinajstić information content (AvgIpc) is 2.56. The molecule has 0 aliphatic heterocycles. The lowest BCUT2D eigenvalue weighted by Crippen LogP contribution is -2.28. The molecule has 2 aromatic carbocycles. The minimum absolute atomic E-state index is 0.0177. The van der Waals surface area contributed by atoms with Crippen LogP contribution in [-0.2, 0) is 9.59 Å². The predicted molar refractivity (Wildman–Crippen MR) is 97.7 cm³/mol. The van der Waals surface area contributed by atoms with Crippen molar-refractivity contribution < 1.29 is 14.5 Å². The molecule has 0 heterocycles. The Labute approximate surface area is 152 Å². The number of carbonyl (C=O) groups is 2. The van der Waals surface area contributed by atoms with Crippen LogP contribution in [0.15, 0.2) is 58.7 Å². The molecule has 0 aliphatic carbocycles. The van der Waals surface area contributed by atoms with Crippen LogP contribution in [0.25, 0.3) is 6.08 Å². The second-order valence-electron chi connectivity index (χ2n) is 5.05. The topological polar surface area (TPSA) is 101 Å².